The molecule has 1 aliphatic heterocycles. The van der Waals surface area contributed by atoms with E-state index in [-0.39, 0.29) is 11.6 Å². The highest BCUT2D eigenvalue weighted by Gasteiger charge is 2.52. The minimum absolute atomic E-state index is 0.221. The summed E-state index contributed by atoms with van der Waals surface area (Å²) in [4.78, 5) is 14.3. The molecular weight excluding hydrogens is 274 g/mol. The standard InChI is InChI=1S/C19H29NO2/c1-13(2)15-8-10-16(11-9-15)19(7)14(3)12-20(19)17(21)22-18(4,5)6/h8-11,13-14H,12H2,1-7H3. The van der Waals surface area contributed by atoms with Gasteiger partial charge in [0.2, 0.25) is 0 Å². The molecule has 0 saturated carbocycles. The minimum atomic E-state index is -0.460. The smallest absolute Gasteiger partial charge is 0.411 e. The van der Waals surface area contributed by atoms with Gasteiger partial charge in [-0.25, -0.2) is 4.79 Å². The molecule has 1 aromatic carbocycles. The van der Waals surface area contributed by atoms with Crippen LogP contribution in [0.25, 0.3) is 0 Å². The second-order valence-electron chi connectivity index (χ2n) is 7.92. The minimum Gasteiger partial charge on any atom is -0.444 e. The van der Waals surface area contributed by atoms with Gasteiger partial charge in [0.25, 0.3) is 0 Å². The maximum Gasteiger partial charge on any atom is 0.411 e. The molecule has 1 aliphatic rings. The van der Waals surface area contributed by atoms with Crippen LogP contribution >= 0.6 is 0 Å². The van der Waals surface area contributed by atoms with Crippen LogP contribution in [0, 0.1) is 5.92 Å². The highest BCUT2D eigenvalue weighted by Crippen LogP contribution is 2.45. The van der Waals surface area contributed by atoms with E-state index >= 15 is 0 Å². The van der Waals surface area contributed by atoms with Crippen molar-refractivity contribution >= 4 is 6.09 Å². The van der Waals surface area contributed by atoms with Crippen LogP contribution < -0.4 is 0 Å². The van der Waals surface area contributed by atoms with E-state index in [0.717, 1.165) is 6.54 Å². The molecular formula is C19H29NO2. The molecule has 1 aromatic rings. The Bertz CT molecular complexity index is 542. The molecule has 2 atom stereocenters. The second kappa shape index (κ2) is 5.60. The van der Waals surface area contributed by atoms with E-state index in [0.29, 0.717) is 11.8 Å². The number of nitrogens with zero attached hydrogens (tertiary/aromatic N) is 1. The fourth-order valence-corrected chi connectivity index (χ4v) is 3.02. The molecule has 122 valence electrons. The summed E-state index contributed by atoms with van der Waals surface area (Å²) in [5.41, 5.74) is 1.76. The monoisotopic (exact) mass is 303 g/mol. The lowest BCUT2D eigenvalue weighted by Gasteiger charge is -2.55. The van der Waals surface area contributed by atoms with Crippen LogP contribution in [0.4, 0.5) is 4.79 Å². The van der Waals surface area contributed by atoms with Gasteiger partial charge in [-0.3, -0.25) is 4.90 Å². The van der Waals surface area contributed by atoms with Crippen LogP contribution in [-0.4, -0.2) is 23.1 Å². The lowest BCUT2D eigenvalue weighted by Crippen LogP contribution is -2.64. The van der Waals surface area contributed by atoms with E-state index in [4.69, 9.17) is 4.74 Å². The zero-order chi connectivity index (χ0) is 16.7. The topological polar surface area (TPSA) is 29.5 Å². The third-order valence-electron chi connectivity index (χ3n) is 4.75. The first-order chi connectivity index (χ1) is 10.1. The fraction of sp³-hybridized carbons (Fsp3) is 0.632. The quantitative estimate of drug-likeness (QED) is 0.776. The van der Waals surface area contributed by atoms with Crippen molar-refractivity contribution in [3.8, 4) is 0 Å². The van der Waals surface area contributed by atoms with Gasteiger partial charge < -0.3 is 4.74 Å². The van der Waals surface area contributed by atoms with E-state index < -0.39 is 5.60 Å². The number of amides is 1. The van der Waals surface area contributed by atoms with Crippen molar-refractivity contribution in [3.05, 3.63) is 35.4 Å². The van der Waals surface area contributed by atoms with Crippen LogP contribution in [0.15, 0.2) is 24.3 Å². The number of hydrogen-bond donors (Lipinski definition) is 0. The summed E-state index contributed by atoms with van der Waals surface area (Å²) in [7, 11) is 0. The summed E-state index contributed by atoms with van der Waals surface area (Å²) >= 11 is 0. The van der Waals surface area contributed by atoms with E-state index in [1.165, 1.54) is 11.1 Å². The lowest BCUT2D eigenvalue weighted by molar-refractivity contribution is -0.0754. The Balaban J connectivity index is 2.24. The summed E-state index contributed by atoms with van der Waals surface area (Å²) < 4.78 is 5.56. The Labute approximate surface area is 134 Å². The summed E-state index contributed by atoms with van der Waals surface area (Å²) in [6.07, 6.45) is -0.221. The number of hydrogen-bond acceptors (Lipinski definition) is 2. The maximum absolute atomic E-state index is 12.5. The van der Waals surface area contributed by atoms with E-state index in [2.05, 4.69) is 52.0 Å². The molecule has 1 fully saturated rings. The molecule has 0 aromatic heterocycles. The third-order valence-corrected chi connectivity index (χ3v) is 4.75. The Morgan fingerprint density at radius 2 is 1.82 bits per heavy atom. The van der Waals surface area contributed by atoms with Gasteiger partial charge in [-0.2, -0.15) is 0 Å². The number of likely N-dealkylation sites (tertiary alicyclic amines) is 1. The van der Waals surface area contributed by atoms with Crippen LogP contribution in [0.1, 0.15) is 65.5 Å². The number of carbonyl (C=O) groups is 1. The molecule has 0 spiro atoms. The SMILES string of the molecule is CC(C)c1ccc(C2(C)C(C)CN2C(=O)OC(C)(C)C)cc1. The van der Waals surface area contributed by atoms with Crippen molar-refractivity contribution in [1.82, 2.24) is 4.90 Å². The molecule has 1 saturated heterocycles. The van der Waals surface area contributed by atoms with E-state index in [1.807, 2.05) is 25.7 Å². The Hall–Kier alpha value is -1.51. The van der Waals surface area contributed by atoms with Crippen LogP contribution in [0.2, 0.25) is 0 Å². The van der Waals surface area contributed by atoms with Gasteiger partial charge in [0.05, 0.1) is 5.54 Å². The van der Waals surface area contributed by atoms with Gasteiger partial charge in [0.15, 0.2) is 0 Å². The van der Waals surface area contributed by atoms with E-state index in [1.54, 1.807) is 0 Å². The largest absolute Gasteiger partial charge is 0.444 e. The third kappa shape index (κ3) is 2.99. The molecule has 2 rings (SSSR count). The first-order valence-electron chi connectivity index (χ1n) is 8.16. The average molecular weight is 303 g/mol. The van der Waals surface area contributed by atoms with Crippen molar-refractivity contribution in [2.24, 2.45) is 5.92 Å². The molecule has 0 bridgehead atoms. The summed E-state index contributed by atoms with van der Waals surface area (Å²) in [6, 6.07) is 8.65. The summed E-state index contributed by atoms with van der Waals surface area (Å²) in [6.45, 7) is 15.2. The number of carbonyl (C=O) groups excluding carboxylic acids is 1. The predicted octanol–water partition coefficient (Wildman–Crippen LogP) is 4.91. The molecule has 0 aliphatic carbocycles. The van der Waals surface area contributed by atoms with Gasteiger partial charge >= 0.3 is 6.09 Å². The Morgan fingerprint density at radius 3 is 2.23 bits per heavy atom. The first-order valence-corrected chi connectivity index (χ1v) is 8.16. The molecule has 0 N–H and O–H groups in total. The van der Waals surface area contributed by atoms with Crippen molar-refractivity contribution in [2.45, 2.75) is 65.5 Å². The second-order valence-corrected chi connectivity index (χ2v) is 7.92. The Morgan fingerprint density at radius 1 is 1.27 bits per heavy atom. The van der Waals surface area contributed by atoms with Crippen LogP contribution in [0.5, 0.6) is 0 Å². The molecule has 1 amide bonds. The Kier molecular flexibility index (Phi) is 4.29. The van der Waals surface area contributed by atoms with Gasteiger partial charge in [0, 0.05) is 12.5 Å². The molecule has 3 heteroatoms. The predicted molar refractivity (Wildman–Crippen MR) is 90.0 cm³/mol. The molecule has 0 radical (unpaired) electrons. The lowest BCUT2D eigenvalue weighted by atomic mass is 9.71. The normalized spacial score (nSPS) is 25.1. The van der Waals surface area contributed by atoms with Gasteiger partial charge in [-0.05, 0) is 44.7 Å². The molecule has 1 heterocycles. The molecule has 22 heavy (non-hydrogen) atoms. The number of benzene rings is 1. The van der Waals surface area contributed by atoms with Crippen molar-refractivity contribution in [2.75, 3.05) is 6.54 Å². The van der Waals surface area contributed by atoms with Crippen LogP contribution in [-0.2, 0) is 10.3 Å². The highest BCUT2D eigenvalue weighted by atomic mass is 16.6. The van der Waals surface area contributed by atoms with Crippen molar-refractivity contribution in [3.63, 3.8) is 0 Å². The van der Waals surface area contributed by atoms with Crippen LogP contribution in [0.3, 0.4) is 0 Å². The maximum atomic E-state index is 12.5. The molecule has 2 unspecified atom stereocenters. The van der Waals surface area contributed by atoms with Crippen molar-refractivity contribution < 1.29 is 9.53 Å². The van der Waals surface area contributed by atoms with Crippen molar-refractivity contribution in [1.29, 1.82) is 0 Å². The number of ether oxygens (including phenoxy) is 1. The highest BCUT2D eigenvalue weighted by molar-refractivity contribution is 5.71. The zero-order valence-corrected chi connectivity index (χ0v) is 14.9. The van der Waals surface area contributed by atoms with Gasteiger partial charge in [-0.1, -0.05) is 45.0 Å². The summed E-state index contributed by atoms with van der Waals surface area (Å²) in [5.74, 6) is 0.938. The number of rotatable bonds is 2. The fourth-order valence-electron chi connectivity index (χ4n) is 3.02. The zero-order valence-electron chi connectivity index (χ0n) is 14.9. The van der Waals surface area contributed by atoms with E-state index in [9.17, 15) is 4.79 Å². The summed E-state index contributed by atoms with van der Waals surface area (Å²) in [5, 5.41) is 0. The van der Waals surface area contributed by atoms with Gasteiger partial charge in [-0.15, -0.1) is 0 Å². The first kappa shape index (κ1) is 16.9. The van der Waals surface area contributed by atoms with Gasteiger partial charge in [0.1, 0.15) is 5.60 Å². The molecule has 3 nitrogen and oxygen atoms in total. The average Bonchev–Trinajstić information content (AvgIpc) is 2.41.